The molecule has 0 bridgehead atoms. The molecule has 142 valence electrons. The summed E-state index contributed by atoms with van der Waals surface area (Å²) in [5, 5.41) is 3.24. The smallest absolute Gasteiger partial charge is 0.317 e. The van der Waals surface area contributed by atoms with Crippen LogP contribution in [0, 0.1) is 0 Å². The molecule has 0 spiro atoms. The molecule has 1 amide bonds. The fourth-order valence-electron chi connectivity index (χ4n) is 2.32. The van der Waals surface area contributed by atoms with E-state index in [0.717, 1.165) is 4.90 Å². The number of esters is 1. The van der Waals surface area contributed by atoms with Crippen LogP contribution in [0.4, 0.5) is 5.69 Å². The van der Waals surface area contributed by atoms with Gasteiger partial charge in [-0.15, -0.1) is 11.8 Å². The Labute approximate surface area is 166 Å². The highest BCUT2D eigenvalue weighted by molar-refractivity contribution is 8.00. The number of hydrogen-bond donors (Lipinski definition) is 1. The van der Waals surface area contributed by atoms with Crippen molar-refractivity contribution in [1.29, 1.82) is 0 Å². The molecule has 0 radical (unpaired) electrons. The van der Waals surface area contributed by atoms with Gasteiger partial charge in [0.1, 0.15) is 13.2 Å². The van der Waals surface area contributed by atoms with Gasteiger partial charge in [-0.3, -0.25) is 9.59 Å². The van der Waals surface area contributed by atoms with Crippen LogP contribution in [0.3, 0.4) is 0 Å². The van der Waals surface area contributed by atoms with Gasteiger partial charge in [-0.05, 0) is 49.4 Å². The Morgan fingerprint density at radius 1 is 1.15 bits per heavy atom. The number of ether oxygens (including phenoxy) is 3. The number of fused-ring (bicyclic) bond motifs is 1. The quantitative estimate of drug-likeness (QED) is 0.580. The summed E-state index contributed by atoms with van der Waals surface area (Å²) in [6, 6.07) is 12.2. The number of rotatable bonds is 6. The predicted octanol–water partition coefficient (Wildman–Crippen LogP) is 3.77. The van der Waals surface area contributed by atoms with Crippen LogP contribution in [0.2, 0.25) is 5.02 Å². The first-order valence-electron chi connectivity index (χ1n) is 8.29. The Morgan fingerprint density at radius 2 is 1.85 bits per heavy atom. The van der Waals surface area contributed by atoms with E-state index in [1.165, 1.54) is 18.7 Å². The lowest BCUT2D eigenvalue weighted by molar-refractivity contribution is -0.150. The summed E-state index contributed by atoms with van der Waals surface area (Å²) in [5.74, 6) is 0.553. The van der Waals surface area contributed by atoms with Crippen molar-refractivity contribution in [2.24, 2.45) is 0 Å². The minimum Gasteiger partial charge on any atom is -0.486 e. The van der Waals surface area contributed by atoms with Gasteiger partial charge in [0.15, 0.2) is 17.6 Å². The van der Waals surface area contributed by atoms with Crippen LogP contribution >= 0.6 is 23.4 Å². The van der Waals surface area contributed by atoms with E-state index in [-0.39, 0.29) is 5.75 Å². The van der Waals surface area contributed by atoms with Crippen molar-refractivity contribution in [1.82, 2.24) is 0 Å². The second-order valence-electron chi connectivity index (χ2n) is 5.72. The number of carbonyl (C=O) groups excluding carboxylic acids is 2. The minimum absolute atomic E-state index is 0.0816. The summed E-state index contributed by atoms with van der Waals surface area (Å²) in [5.41, 5.74) is 0.581. The molecule has 1 aliphatic rings. The highest BCUT2D eigenvalue weighted by atomic mass is 35.5. The van der Waals surface area contributed by atoms with Crippen molar-refractivity contribution in [3.63, 3.8) is 0 Å². The summed E-state index contributed by atoms with van der Waals surface area (Å²) >= 11 is 7.11. The summed E-state index contributed by atoms with van der Waals surface area (Å²) in [4.78, 5) is 25.0. The Balaban J connectivity index is 1.47. The zero-order valence-corrected chi connectivity index (χ0v) is 16.1. The Bertz CT molecular complexity index is 827. The molecule has 2 aromatic carbocycles. The second-order valence-corrected chi connectivity index (χ2v) is 7.21. The van der Waals surface area contributed by atoms with E-state index in [0.29, 0.717) is 35.4 Å². The molecule has 1 aliphatic heterocycles. The SMILES string of the molecule is C[C@@H](OC(=O)CSc1ccc2c(c1)OCCO2)C(=O)Nc1ccc(Cl)cc1. The van der Waals surface area contributed by atoms with E-state index in [1.54, 1.807) is 24.3 Å². The standard InChI is InChI=1S/C19H18ClNO5S/c1-12(19(23)21-14-4-2-13(20)3-5-14)26-18(22)11-27-15-6-7-16-17(10-15)25-9-8-24-16/h2-7,10,12H,8-9,11H2,1H3,(H,21,23)/t12-/m1/s1. The molecule has 0 aliphatic carbocycles. The summed E-state index contributed by atoms with van der Waals surface area (Å²) < 4.78 is 16.2. The molecular formula is C19H18ClNO5S. The maximum absolute atomic E-state index is 12.1. The molecule has 2 aromatic rings. The van der Waals surface area contributed by atoms with Crippen LogP contribution < -0.4 is 14.8 Å². The highest BCUT2D eigenvalue weighted by Gasteiger charge is 2.19. The van der Waals surface area contributed by atoms with Crippen molar-refractivity contribution in [2.45, 2.75) is 17.9 Å². The fourth-order valence-corrected chi connectivity index (χ4v) is 3.15. The van der Waals surface area contributed by atoms with Crippen LogP contribution in [-0.4, -0.2) is 36.9 Å². The van der Waals surface area contributed by atoms with Crippen molar-refractivity contribution >= 4 is 40.9 Å². The first-order chi connectivity index (χ1) is 13.0. The van der Waals surface area contributed by atoms with Gasteiger partial charge in [-0.25, -0.2) is 0 Å². The number of halogens is 1. The van der Waals surface area contributed by atoms with E-state index in [2.05, 4.69) is 5.32 Å². The average Bonchev–Trinajstić information content (AvgIpc) is 2.68. The van der Waals surface area contributed by atoms with Crippen LogP contribution in [0.1, 0.15) is 6.92 Å². The maximum Gasteiger partial charge on any atom is 0.317 e. The van der Waals surface area contributed by atoms with E-state index in [4.69, 9.17) is 25.8 Å². The molecular weight excluding hydrogens is 390 g/mol. The van der Waals surface area contributed by atoms with Crippen molar-refractivity contribution < 1.29 is 23.8 Å². The first-order valence-corrected chi connectivity index (χ1v) is 9.66. The van der Waals surface area contributed by atoms with Gasteiger partial charge in [-0.2, -0.15) is 0 Å². The highest BCUT2D eigenvalue weighted by Crippen LogP contribution is 2.34. The number of amides is 1. The first kappa shape index (κ1) is 19.4. The molecule has 0 fully saturated rings. The van der Waals surface area contributed by atoms with Gasteiger partial charge >= 0.3 is 5.97 Å². The molecule has 3 rings (SSSR count). The molecule has 27 heavy (non-hydrogen) atoms. The van der Waals surface area contributed by atoms with Gasteiger partial charge < -0.3 is 19.5 Å². The van der Waals surface area contributed by atoms with Crippen molar-refractivity contribution in [3.8, 4) is 11.5 Å². The van der Waals surface area contributed by atoms with Gasteiger partial charge in [0, 0.05) is 15.6 Å². The van der Waals surface area contributed by atoms with E-state index >= 15 is 0 Å². The number of nitrogens with one attached hydrogen (secondary N) is 1. The number of thioether (sulfide) groups is 1. The van der Waals surface area contributed by atoms with E-state index in [9.17, 15) is 9.59 Å². The van der Waals surface area contributed by atoms with Crippen LogP contribution in [-0.2, 0) is 14.3 Å². The molecule has 1 atom stereocenters. The molecule has 0 unspecified atom stereocenters. The Morgan fingerprint density at radius 3 is 2.59 bits per heavy atom. The van der Waals surface area contributed by atoms with Crippen LogP contribution in [0.5, 0.6) is 11.5 Å². The third kappa shape index (κ3) is 5.55. The lowest BCUT2D eigenvalue weighted by Gasteiger charge is -2.18. The minimum atomic E-state index is -0.908. The zero-order valence-electron chi connectivity index (χ0n) is 14.6. The summed E-state index contributed by atoms with van der Waals surface area (Å²) in [7, 11) is 0. The number of carbonyl (C=O) groups is 2. The molecule has 1 N–H and O–H groups in total. The van der Waals surface area contributed by atoms with Gasteiger partial charge in [-0.1, -0.05) is 11.6 Å². The van der Waals surface area contributed by atoms with E-state index in [1.807, 2.05) is 18.2 Å². The second kappa shape index (κ2) is 9.01. The average molecular weight is 408 g/mol. The third-order valence-corrected chi connectivity index (χ3v) is 4.88. The third-order valence-electron chi connectivity index (χ3n) is 3.66. The monoisotopic (exact) mass is 407 g/mol. The Kier molecular flexibility index (Phi) is 6.47. The van der Waals surface area contributed by atoms with Crippen molar-refractivity contribution in [3.05, 3.63) is 47.5 Å². The molecule has 0 saturated carbocycles. The molecule has 0 saturated heterocycles. The predicted molar refractivity (Wildman–Crippen MR) is 104 cm³/mol. The molecule has 1 heterocycles. The number of hydrogen-bond acceptors (Lipinski definition) is 6. The van der Waals surface area contributed by atoms with Gasteiger partial charge in [0.25, 0.3) is 5.91 Å². The summed E-state index contributed by atoms with van der Waals surface area (Å²) in [6.07, 6.45) is -0.908. The van der Waals surface area contributed by atoms with Crippen LogP contribution in [0.25, 0.3) is 0 Å². The van der Waals surface area contributed by atoms with Crippen molar-refractivity contribution in [2.75, 3.05) is 24.3 Å². The lowest BCUT2D eigenvalue weighted by atomic mass is 10.3. The Hall–Kier alpha value is -2.38. The fraction of sp³-hybridized carbons (Fsp3) is 0.263. The molecule has 0 aromatic heterocycles. The van der Waals surface area contributed by atoms with Gasteiger partial charge in [0.2, 0.25) is 0 Å². The van der Waals surface area contributed by atoms with Crippen LogP contribution in [0.15, 0.2) is 47.4 Å². The normalized spacial score (nSPS) is 13.6. The maximum atomic E-state index is 12.1. The summed E-state index contributed by atoms with van der Waals surface area (Å²) in [6.45, 7) is 2.56. The topological polar surface area (TPSA) is 73.9 Å². The largest absolute Gasteiger partial charge is 0.486 e. The number of anilines is 1. The molecule has 6 nitrogen and oxygen atoms in total. The lowest BCUT2D eigenvalue weighted by Crippen LogP contribution is -2.30. The zero-order chi connectivity index (χ0) is 19.2. The molecule has 8 heteroatoms. The number of benzene rings is 2. The van der Waals surface area contributed by atoms with Gasteiger partial charge in [0.05, 0.1) is 5.75 Å². The van der Waals surface area contributed by atoms with E-state index < -0.39 is 18.0 Å².